The van der Waals surface area contributed by atoms with Crippen LogP contribution in [0.4, 0.5) is 0 Å². The molecule has 0 aliphatic heterocycles. The summed E-state index contributed by atoms with van der Waals surface area (Å²) in [6.07, 6.45) is 7.50. The van der Waals surface area contributed by atoms with Gasteiger partial charge in [-0.25, -0.2) is 4.98 Å². The van der Waals surface area contributed by atoms with Gasteiger partial charge in [-0.3, -0.25) is 33.6 Å². The van der Waals surface area contributed by atoms with Gasteiger partial charge >= 0.3 is 0 Å². The normalized spacial score (nSPS) is 14.4. The van der Waals surface area contributed by atoms with Crippen LogP contribution in [-0.4, -0.2) is 118 Å². The second-order valence-corrected chi connectivity index (χ2v) is 15.9. The fourth-order valence-electron chi connectivity index (χ4n) is 6.16. The summed E-state index contributed by atoms with van der Waals surface area (Å²) < 4.78 is 0. The molecule has 0 aliphatic rings. The number of aromatic nitrogens is 3. The van der Waals surface area contributed by atoms with Crippen LogP contribution in [0.25, 0.3) is 10.9 Å². The van der Waals surface area contributed by atoms with E-state index in [0.29, 0.717) is 24.3 Å². The van der Waals surface area contributed by atoms with Crippen LogP contribution < -0.4 is 43.0 Å². The number of carbonyl (C=O) groups is 7. The van der Waals surface area contributed by atoms with Crippen LogP contribution in [-0.2, 0) is 46.4 Å². The maximum atomic E-state index is 13.7. The van der Waals surface area contributed by atoms with Crippen molar-refractivity contribution >= 4 is 64.0 Å². The fourth-order valence-corrected chi connectivity index (χ4v) is 6.63. The maximum absolute atomic E-state index is 13.7. The molecule has 3 aromatic rings. The van der Waals surface area contributed by atoms with Crippen LogP contribution in [0.2, 0.25) is 0 Å². The van der Waals surface area contributed by atoms with E-state index in [-0.39, 0.29) is 18.8 Å². The summed E-state index contributed by atoms with van der Waals surface area (Å²) >= 11 is 1.49. The number of para-hydroxylation sites is 1. The van der Waals surface area contributed by atoms with Crippen molar-refractivity contribution in [2.45, 2.75) is 96.6 Å². The molecule has 0 unspecified atom stereocenters. The molecule has 0 aliphatic carbocycles. The Morgan fingerprint density at radius 1 is 0.776 bits per heavy atom. The number of thioether (sulfide) groups is 1. The van der Waals surface area contributed by atoms with Crippen molar-refractivity contribution in [1.29, 1.82) is 0 Å². The van der Waals surface area contributed by atoms with E-state index in [9.17, 15) is 33.6 Å². The first-order chi connectivity index (χ1) is 27.5. The number of aromatic amines is 2. The fraction of sp³-hybridized carbons (Fsp3) is 0.538. The highest BCUT2D eigenvalue weighted by Crippen LogP contribution is 2.19. The predicted molar refractivity (Wildman–Crippen MR) is 222 cm³/mol. The van der Waals surface area contributed by atoms with Crippen molar-refractivity contribution in [2.24, 2.45) is 17.6 Å². The number of carbonyl (C=O) groups excluding carboxylic acids is 7. The molecule has 7 amide bonds. The van der Waals surface area contributed by atoms with Crippen LogP contribution in [0.5, 0.6) is 0 Å². The van der Waals surface area contributed by atoms with Gasteiger partial charge in [0.05, 0.1) is 18.9 Å². The summed E-state index contributed by atoms with van der Waals surface area (Å²) in [6, 6.07) is 1.87. The molecular weight excluding hydrogens is 767 g/mol. The van der Waals surface area contributed by atoms with Gasteiger partial charge in [0.15, 0.2) is 0 Å². The van der Waals surface area contributed by atoms with Crippen molar-refractivity contribution < 1.29 is 33.6 Å². The Morgan fingerprint density at radius 2 is 1.45 bits per heavy atom. The number of benzene rings is 1. The van der Waals surface area contributed by atoms with E-state index >= 15 is 0 Å². The summed E-state index contributed by atoms with van der Waals surface area (Å²) in [5, 5.41) is 19.9. The molecule has 6 atom stereocenters. The summed E-state index contributed by atoms with van der Waals surface area (Å²) in [6.45, 7) is 8.14. The number of likely N-dealkylation sites (N-methyl/N-ethyl adjacent to an activating group) is 1. The number of nitrogens with two attached hydrogens (primary N) is 1. The lowest BCUT2D eigenvalue weighted by atomic mass is 10.0. The first-order valence-electron chi connectivity index (χ1n) is 19.3. The lowest BCUT2D eigenvalue weighted by Crippen LogP contribution is -2.58. The molecule has 0 saturated carbocycles. The summed E-state index contributed by atoms with van der Waals surface area (Å²) in [5.74, 6) is -4.19. The number of primary amides is 1. The lowest BCUT2D eigenvalue weighted by Gasteiger charge is -2.26. The van der Waals surface area contributed by atoms with Gasteiger partial charge in [-0.05, 0) is 68.7 Å². The molecule has 3 rings (SSSR count). The Bertz CT molecular complexity index is 1850. The number of nitrogens with one attached hydrogen (secondary N) is 9. The minimum atomic E-state index is -1.20. The van der Waals surface area contributed by atoms with Crippen molar-refractivity contribution in [3.05, 3.63) is 54.2 Å². The van der Waals surface area contributed by atoms with E-state index in [4.69, 9.17) is 5.73 Å². The Hall–Kier alpha value is -5.43. The minimum Gasteiger partial charge on any atom is -0.368 e. The van der Waals surface area contributed by atoms with Gasteiger partial charge in [0.1, 0.15) is 30.2 Å². The van der Waals surface area contributed by atoms with Crippen molar-refractivity contribution in [1.82, 2.24) is 52.2 Å². The quantitative estimate of drug-likeness (QED) is 0.0567. The van der Waals surface area contributed by atoms with E-state index in [1.807, 2.05) is 50.6 Å². The molecule has 11 N–H and O–H groups in total. The number of nitrogens with zero attached hydrogens (tertiary/aromatic N) is 1. The second kappa shape index (κ2) is 23.1. The topological polar surface area (TPSA) is 274 Å². The minimum absolute atomic E-state index is 0.0242. The number of amides is 7. The first kappa shape index (κ1) is 46.9. The number of rotatable bonds is 24. The van der Waals surface area contributed by atoms with E-state index in [1.54, 1.807) is 20.9 Å². The zero-order chi connectivity index (χ0) is 42.9. The molecule has 19 heteroatoms. The molecule has 0 spiro atoms. The molecule has 2 aromatic heterocycles. The average molecular weight is 826 g/mol. The summed E-state index contributed by atoms with van der Waals surface area (Å²) in [4.78, 5) is 102. The molecule has 0 radical (unpaired) electrons. The van der Waals surface area contributed by atoms with E-state index in [2.05, 4.69) is 52.2 Å². The molecule has 0 fully saturated rings. The molecule has 2 heterocycles. The Labute approximate surface area is 342 Å². The Kier molecular flexibility index (Phi) is 18.7. The Morgan fingerprint density at radius 3 is 2.07 bits per heavy atom. The van der Waals surface area contributed by atoms with Crippen LogP contribution in [0.15, 0.2) is 43.0 Å². The highest BCUT2D eigenvalue weighted by molar-refractivity contribution is 7.98. The van der Waals surface area contributed by atoms with Crippen molar-refractivity contribution in [2.75, 3.05) is 25.6 Å². The number of hydrogen-bond donors (Lipinski definition) is 10. The van der Waals surface area contributed by atoms with Gasteiger partial charge in [-0.15, -0.1) is 0 Å². The first-order valence-corrected chi connectivity index (χ1v) is 20.7. The van der Waals surface area contributed by atoms with Crippen molar-refractivity contribution in [3.8, 4) is 0 Å². The Balaban J connectivity index is 1.62. The van der Waals surface area contributed by atoms with E-state index < -0.39 is 90.1 Å². The van der Waals surface area contributed by atoms with Gasteiger partial charge < -0.3 is 52.9 Å². The standard InChI is InChI=1S/C39H59N11O7S/c1-21(2)14-30(37(55)48-28(34(40)52)12-13-58-7)49-38(56)31(16-25-18-42-20-45-25)47-32(51)19-44-39(57)33(22(3)4)50-35(53)23(5)46-36(54)29(41-6)15-24-17-43-27-11-9-8-10-26(24)27/h8-11,17-18,20-23,28-31,33,41,43H,12-16,19H2,1-7H3,(H2,40,52)(H,42,45)(H,44,57)(H,46,54)(H,47,51)(H,48,55)(H,49,56)(H,50,53)/t23-,28-,29-,30-,31-,33-/m0/s1. The molecule has 1 aromatic carbocycles. The van der Waals surface area contributed by atoms with Crippen LogP contribution in [0, 0.1) is 11.8 Å². The van der Waals surface area contributed by atoms with E-state index in [1.165, 1.54) is 31.2 Å². The zero-order valence-electron chi connectivity index (χ0n) is 34.2. The highest BCUT2D eigenvalue weighted by Gasteiger charge is 2.32. The molecule has 0 bridgehead atoms. The molecule has 0 saturated heterocycles. The van der Waals surface area contributed by atoms with Gasteiger partial charge in [-0.1, -0.05) is 45.9 Å². The lowest BCUT2D eigenvalue weighted by molar-refractivity contribution is -0.134. The molecule has 58 heavy (non-hydrogen) atoms. The third kappa shape index (κ3) is 14.5. The number of imidazole rings is 1. The SMILES string of the molecule is CN[C@@H](Cc1c[nH]c2ccccc12)C(=O)N[C@@H](C)C(=O)N[C@H](C(=O)NCC(=O)N[C@@H](Cc1cnc[nH]1)C(=O)N[C@@H](CC(C)C)C(=O)N[C@@H](CCSC)C(N)=O)C(C)C. The molecule has 318 valence electrons. The molecular formula is C39H59N11O7S. The third-order valence-corrected chi connectivity index (χ3v) is 10.1. The van der Waals surface area contributed by atoms with Gasteiger partial charge in [0, 0.05) is 35.4 Å². The zero-order valence-corrected chi connectivity index (χ0v) is 35.0. The summed E-state index contributed by atoms with van der Waals surface area (Å²) in [7, 11) is 1.66. The van der Waals surface area contributed by atoms with E-state index in [0.717, 1.165) is 16.5 Å². The highest BCUT2D eigenvalue weighted by atomic mass is 32.2. The number of hydrogen-bond acceptors (Lipinski definition) is 10. The monoisotopic (exact) mass is 825 g/mol. The number of H-pyrrole nitrogens is 2. The maximum Gasteiger partial charge on any atom is 0.243 e. The van der Waals surface area contributed by atoms with Crippen LogP contribution in [0.1, 0.15) is 58.7 Å². The summed E-state index contributed by atoms with van der Waals surface area (Å²) in [5.41, 5.74) is 7.92. The van der Waals surface area contributed by atoms with Crippen molar-refractivity contribution in [3.63, 3.8) is 0 Å². The molecule has 18 nitrogen and oxygen atoms in total. The second-order valence-electron chi connectivity index (χ2n) is 14.9. The smallest absolute Gasteiger partial charge is 0.243 e. The van der Waals surface area contributed by atoms with Gasteiger partial charge in [0.2, 0.25) is 41.4 Å². The number of fused-ring (bicyclic) bond motifs is 1. The van der Waals surface area contributed by atoms with Crippen LogP contribution in [0.3, 0.4) is 0 Å². The van der Waals surface area contributed by atoms with Gasteiger partial charge in [-0.2, -0.15) is 11.8 Å². The van der Waals surface area contributed by atoms with Gasteiger partial charge in [0.25, 0.3) is 0 Å². The average Bonchev–Trinajstić information content (AvgIpc) is 3.85. The predicted octanol–water partition coefficient (Wildman–Crippen LogP) is -0.235. The van der Waals surface area contributed by atoms with Crippen LogP contribution >= 0.6 is 11.8 Å². The third-order valence-electron chi connectivity index (χ3n) is 9.43. The largest absolute Gasteiger partial charge is 0.368 e.